The summed E-state index contributed by atoms with van der Waals surface area (Å²) in [6.45, 7) is 2.47. The summed E-state index contributed by atoms with van der Waals surface area (Å²) in [5.41, 5.74) is 1.33. The third-order valence-electron chi connectivity index (χ3n) is 2.83. The first-order valence-electron chi connectivity index (χ1n) is 6.30. The van der Waals surface area contributed by atoms with E-state index in [1.54, 1.807) is 36.4 Å². The summed E-state index contributed by atoms with van der Waals surface area (Å²) in [5, 5.41) is 1.11. The standard InChI is InChI=1S/C16H14Cl2O2/c1-2-20-14-5-3-4-11(9-14)16(19)10-12-8-13(17)6-7-15(12)18/h3-9H,2,10H2,1H3. The second-order valence-electron chi connectivity index (χ2n) is 4.30. The maximum atomic E-state index is 12.3. The second kappa shape index (κ2) is 6.78. The van der Waals surface area contributed by atoms with Gasteiger partial charge in [-0.1, -0.05) is 35.3 Å². The van der Waals surface area contributed by atoms with E-state index in [0.29, 0.717) is 28.0 Å². The highest BCUT2D eigenvalue weighted by Crippen LogP contribution is 2.23. The number of Topliss-reactive ketones (excluding diaryl/α,β-unsaturated/α-hetero) is 1. The van der Waals surface area contributed by atoms with Crippen LogP contribution >= 0.6 is 23.2 Å². The SMILES string of the molecule is CCOc1cccc(C(=O)Cc2cc(Cl)ccc2Cl)c1. The highest BCUT2D eigenvalue weighted by molar-refractivity contribution is 6.33. The van der Waals surface area contributed by atoms with Crippen molar-refractivity contribution < 1.29 is 9.53 Å². The lowest BCUT2D eigenvalue weighted by molar-refractivity contribution is 0.0992. The van der Waals surface area contributed by atoms with Crippen molar-refractivity contribution in [3.63, 3.8) is 0 Å². The molecule has 0 aliphatic carbocycles. The zero-order valence-corrected chi connectivity index (χ0v) is 12.5. The molecule has 0 radical (unpaired) electrons. The molecule has 0 amide bonds. The molecule has 0 unspecified atom stereocenters. The predicted octanol–water partition coefficient (Wildman–Crippen LogP) is 4.82. The third kappa shape index (κ3) is 3.75. The van der Waals surface area contributed by atoms with Crippen LogP contribution in [-0.2, 0) is 6.42 Å². The number of hydrogen-bond donors (Lipinski definition) is 0. The molecule has 0 aliphatic heterocycles. The predicted molar refractivity (Wildman–Crippen MR) is 82.1 cm³/mol. The van der Waals surface area contributed by atoms with Crippen molar-refractivity contribution in [2.24, 2.45) is 0 Å². The molecule has 0 N–H and O–H groups in total. The molecular weight excluding hydrogens is 295 g/mol. The molecule has 0 saturated heterocycles. The molecule has 2 rings (SSSR count). The molecule has 0 bridgehead atoms. The van der Waals surface area contributed by atoms with Gasteiger partial charge in [0.1, 0.15) is 5.75 Å². The minimum atomic E-state index is -0.0179. The molecule has 2 aromatic carbocycles. The van der Waals surface area contributed by atoms with Gasteiger partial charge >= 0.3 is 0 Å². The Kier molecular flexibility index (Phi) is 5.05. The van der Waals surface area contributed by atoms with E-state index in [2.05, 4.69) is 0 Å². The fraction of sp³-hybridized carbons (Fsp3) is 0.188. The third-order valence-corrected chi connectivity index (χ3v) is 3.43. The van der Waals surface area contributed by atoms with Gasteiger partial charge in [0, 0.05) is 22.0 Å². The van der Waals surface area contributed by atoms with Crippen molar-refractivity contribution in [1.29, 1.82) is 0 Å². The van der Waals surface area contributed by atoms with Crippen LogP contribution in [0.15, 0.2) is 42.5 Å². The topological polar surface area (TPSA) is 26.3 Å². The molecule has 104 valence electrons. The van der Waals surface area contributed by atoms with Crippen LogP contribution in [0.4, 0.5) is 0 Å². The number of carbonyl (C=O) groups excluding carboxylic acids is 1. The van der Waals surface area contributed by atoms with Crippen molar-refractivity contribution in [3.05, 3.63) is 63.6 Å². The van der Waals surface area contributed by atoms with E-state index >= 15 is 0 Å². The summed E-state index contributed by atoms with van der Waals surface area (Å²) in [6, 6.07) is 12.3. The van der Waals surface area contributed by atoms with Crippen LogP contribution in [0, 0.1) is 0 Å². The maximum absolute atomic E-state index is 12.3. The molecule has 0 saturated carbocycles. The van der Waals surface area contributed by atoms with Gasteiger partial charge in [-0.2, -0.15) is 0 Å². The molecular formula is C16H14Cl2O2. The Morgan fingerprint density at radius 1 is 1.15 bits per heavy atom. The first kappa shape index (κ1) is 14.9. The highest BCUT2D eigenvalue weighted by atomic mass is 35.5. The van der Waals surface area contributed by atoms with Crippen molar-refractivity contribution in [2.75, 3.05) is 6.61 Å². The van der Waals surface area contributed by atoms with Gasteiger partial charge in [0.25, 0.3) is 0 Å². The lowest BCUT2D eigenvalue weighted by Crippen LogP contribution is -2.04. The van der Waals surface area contributed by atoms with Crippen LogP contribution in [0.25, 0.3) is 0 Å². The van der Waals surface area contributed by atoms with Gasteiger partial charge in [-0.05, 0) is 42.8 Å². The largest absolute Gasteiger partial charge is 0.494 e. The first-order valence-corrected chi connectivity index (χ1v) is 7.05. The van der Waals surface area contributed by atoms with Gasteiger partial charge in [-0.3, -0.25) is 4.79 Å². The van der Waals surface area contributed by atoms with E-state index in [9.17, 15) is 4.79 Å². The summed E-state index contributed by atoms with van der Waals surface area (Å²) in [7, 11) is 0. The van der Waals surface area contributed by atoms with Gasteiger partial charge in [0.15, 0.2) is 5.78 Å². The summed E-state index contributed by atoms with van der Waals surface area (Å²) in [5.74, 6) is 0.672. The van der Waals surface area contributed by atoms with Gasteiger partial charge in [0.05, 0.1) is 6.61 Å². The molecule has 0 atom stereocenters. The normalized spacial score (nSPS) is 10.3. The molecule has 2 nitrogen and oxygen atoms in total. The van der Waals surface area contributed by atoms with Crippen molar-refractivity contribution in [2.45, 2.75) is 13.3 Å². The Balaban J connectivity index is 2.19. The Morgan fingerprint density at radius 3 is 2.70 bits per heavy atom. The van der Waals surface area contributed by atoms with Crippen molar-refractivity contribution in [1.82, 2.24) is 0 Å². The van der Waals surface area contributed by atoms with Crippen LogP contribution in [0.2, 0.25) is 10.0 Å². The van der Waals surface area contributed by atoms with E-state index in [0.717, 1.165) is 5.56 Å². The van der Waals surface area contributed by atoms with Crippen molar-refractivity contribution in [3.8, 4) is 5.75 Å². The average Bonchev–Trinajstić information content (AvgIpc) is 2.43. The molecule has 0 heterocycles. The second-order valence-corrected chi connectivity index (χ2v) is 5.14. The minimum Gasteiger partial charge on any atom is -0.494 e. The zero-order chi connectivity index (χ0) is 14.5. The molecule has 4 heteroatoms. The van der Waals surface area contributed by atoms with Crippen LogP contribution in [0.1, 0.15) is 22.8 Å². The summed E-state index contributed by atoms with van der Waals surface area (Å²) >= 11 is 12.0. The Labute approximate surface area is 128 Å². The number of halogens is 2. The Hall–Kier alpha value is -1.51. The minimum absolute atomic E-state index is 0.0179. The molecule has 0 aliphatic rings. The summed E-state index contributed by atoms with van der Waals surface area (Å²) in [6.07, 6.45) is 0.217. The number of ether oxygens (including phenoxy) is 1. The van der Waals surface area contributed by atoms with Gasteiger partial charge in [-0.25, -0.2) is 0 Å². The van der Waals surface area contributed by atoms with Crippen LogP contribution in [0.3, 0.4) is 0 Å². The summed E-state index contributed by atoms with van der Waals surface area (Å²) < 4.78 is 5.39. The molecule has 0 aromatic heterocycles. The van der Waals surface area contributed by atoms with Crippen LogP contribution in [0.5, 0.6) is 5.75 Å². The monoisotopic (exact) mass is 308 g/mol. The Bertz CT molecular complexity index is 624. The fourth-order valence-electron chi connectivity index (χ4n) is 1.88. The van der Waals surface area contributed by atoms with E-state index in [1.807, 2.05) is 13.0 Å². The smallest absolute Gasteiger partial charge is 0.167 e. The Morgan fingerprint density at radius 2 is 1.95 bits per heavy atom. The zero-order valence-electron chi connectivity index (χ0n) is 11.0. The summed E-state index contributed by atoms with van der Waals surface area (Å²) in [4.78, 5) is 12.3. The molecule has 20 heavy (non-hydrogen) atoms. The van der Waals surface area contributed by atoms with Crippen LogP contribution in [-0.4, -0.2) is 12.4 Å². The lowest BCUT2D eigenvalue weighted by Gasteiger charge is -2.07. The van der Waals surface area contributed by atoms with E-state index in [1.165, 1.54) is 0 Å². The number of carbonyl (C=O) groups is 1. The fourth-order valence-corrected chi connectivity index (χ4v) is 2.26. The lowest BCUT2D eigenvalue weighted by atomic mass is 10.0. The highest BCUT2D eigenvalue weighted by Gasteiger charge is 2.11. The van der Waals surface area contributed by atoms with Crippen LogP contribution < -0.4 is 4.74 Å². The van der Waals surface area contributed by atoms with Crippen molar-refractivity contribution >= 4 is 29.0 Å². The van der Waals surface area contributed by atoms with Gasteiger partial charge < -0.3 is 4.74 Å². The number of ketones is 1. The van der Waals surface area contributed by atoms with E-state index in [4.69, 9.17) is 27.9 Å². The van der Waals surface area contributed by atoms with E-state index < -0.39 is 0 Å². The quantitative estimate of drug-likeness (QED) is 0.740. The first-order chi connectivity index (χ1) is 9.60. The van der Waals surface area contributed by atoms with E-state index in [-0.39, 0.29) is 12.2 Å². The number of benzene rings is 2. The number of rotatable bonds is 5. The van der Waals surface area contributed by atoms with Gasteiger partial charge in [-0.15, -0.1) is 0 Å². The molecule has 2 aromatic rings. The maximum Gasteiger partial charge on any atom is 0.167 e. The molecule has 0 fully saturated rings. The average molecular weight is 309 g/mol. The number of hydrogen-bond acceptors (Lipinski definition) is 2. The molecule has 0 spiro atoms. The van der Waals surface area contributed by atoms with Gasteiger partial charge in [0.2, 0.25) is 0 Å².